The maximum absolute atomic E-state index is 11.7. The van der Waals surface area contributed by atoms with Crippen LogP contribution in [-0.2, 0) is 0 Å². The first kappa shape index (κ1) is 18.4. The Kier molecular flexibility index (Phi) is 4.10. The smallest absolute Gasteiger partial charge is 0.258 e. The Morgan fingerprint density at radius 1 is 0.462 bits per heavy atom. The number of nitrogens with zero attached hydrogens (tertiary/aromatic N) is 1. The zero-order chi connectivity index (χ0) is 19.7. The van der Waals surface area contributed by atoms with Gasteiger partial charge in [-0.15, -0.1) is 0 Å². The van der Waals surface area contributed by atoms with E-state index in [1.807, 2.05) is 20.8 Å². The van der Waals surface area contributed by atoms with Crippen molar-refractivity contribution in [2.24, 2.45) is 0 Å². The molecular formula is C23H27NO2. The molecule has 0 spiro atoms. The Bertz CT molecular complexity index is 1140. The van der Waals surface area contributed by atoms with E-state index < -0.39 is 0 Å². The van der Waals surface area contributed by atoms with Crippen LogP contribution in [0.3, 0.4) is 0 Å². The number of fused-ring (bicyclic) bond motifs is 2. The van der Waals surface area contributed by atoms with Crippen molar-refractivity contribution in [3.63, 3.8) is 0 Å². The van der Waals surface area contributed by atoms with Crippen LogP contribution in [0.1, 0.15) is 50.1 Å². The average molecular weight is 349 g/mol. The van der Waals surface area contributed by atoms with Crippen molar-refractivity contribution < 1.29 is 4.92 Å². The lowest BCUT2D eigenvalue weighted by Gasteiger charge is -2.23. The zero-order valence-corrected chi connectivity index (χ0v) is 17.3. The SMILES string of the molecule is Cc1c(C)c(C)c2c(C)c3c(C)c([N+](=O)[O-])c(C)c(C)c3c(C)c2c1C. The summed E-state index contributed by atoms with van der Waals surface area (Å²) >= 11 is 0. The maximum Gasteiger partial charge on any atom is 0.276 e. The van der Waals surface area contributed by atoms with Crippen LogP contribution in [0, 0.1) is 72.4 Å². The van der Waals surface area contributed by atoms with Crippen LogP contribution < -0.4 is 0 Å². The molecule has 0 radical (unpaired) electrons. The molecular weight excluding hydrogens is 322 g/mol. The number of benzene rings is 3. The molecule has 0 saturated carbocycles. The Hall–Kier alpha value is -2.42. The van der Waals surface area contributed by atoms with Crippen LogP contribution in [-0.4, -0.2) is 4.92 Å². The van der Waals surface area contributed by atoms with Gasteiger partial charge in [0.2, 0.25) is 0 Å². The maximum atomic E-state index is 11.7. The van der Waals surface area contributed by atoms with Crippen LogP contribution in [0.5, 0.6) is 0 Å². The summed E-state index contributed by atoms with van der Waals surface area (Å²) in [5.74, 6) is 0. The van der Waals surface area contributed by atoms with Crippen molar-refractivity contribution in [1.29, 1.82) is 0 Å². The fourth-order valence-corrected chi connectivity index (χ4v) is 4.85. The van der Waals surface area contributed by atoms with Gasteiger partial charge in [0.25, 0.3) is 5.69 Å². The predicted molar refractivity (Wildman–Crippen MR) is 111 cm³/mol. The molecule has 3 aromatic rings. The summed E-state index contributed by atoms with van der Waals surface area (Å²) in [6.07, 6.45) is 0. The van der Waals surface area contributed by atoms with E-state index in [1.54, 1.807) is 0 Å². The topological polar surface area (TPSA) is 43.1 Å². The van der Waals surface area contributed by atoms with Crippen molar-refractivity contribution in [3.05, 3.63) is 60.2 Å². The molecule has 26 heavy (non-hydrogen) atoms. The minimum atomic E-state index is -0.228. The number of hydrogen-bond acceptors (Lipinski definition) is 2. The van der Waals surface area contributed by atoms with E-state index in [0.717, 1.165) is 27.6 Å². The largest absolute Gasteiger partial charge is 0.276 e. The second kappa shape index (κ2) is 5.80. The number of nitro benzene ring substituents is 1. The van der Waals surface area contributed by atoms with Gasteiger partial charge in [-0.1, -0.05) is 0 Å². The van der Waals surface area contributed by atoms with Crippen LogP contribution in [0.25, 0.3) is 21.5 Å². The Labute approximate surface area is 155 Å². The van der Waals surface area contributed by atoms with Gasteiger partial charge in [0.1, 0.15) is 0 Å². The lowest BCUT2D eigenvalue weighted by atomic mass is 9.81. The van der Waals surface area contributed by atoms with Crippen molar-refractivity contribution >= 4 is 27.2 Å². The molecule has 0 amide bonds. The number of hydrogen-bond donors (Lipinski definition) is 0. The van der Waals surface area contributed by atoms with Gasteiger partial charge in [0, 0.05) is 11.1 Å². The Morgan fingerprint density at radius 2 is 0.769 bits per heavy atom. The van der Waals surface area contributed by atoms with E-state index in [1.165, 1.54) is 44.0 Å². The van der Waals surface area contributed by atoms with Crippen molar-refractivity contribution in [1.82, 2.24) is 0 Å². The molecule has 3 heteroatoms. The highest BCUT2D eigenvalue weighted by molar-refractivity contribution is 6.11. The van der Waals surface area contributed by atoms with Crippen LogP contribution in [0.2, 0.25) is 0 Å². The summed E-state index contributed by atoms with van der Waals surface area (Å²) in [6.45, 7) is 18.8. The number of nitro groups is 1. The van der Waals surface area contributed by atoms with E-state index in [2.05, 4.69) is 41.5 Å². The van der Waals surface area contributed by atoms with Gasteiger partial charge in [-0.25, -0.2) is 0 Å². The summed E-state index contributed by atoms with van der Waals surface area (Å²) in [7, 11) is 0. The summed E-state index contributed by atoms with van der Waals surface area (Å²) in [4.78, 5) is 11.5. The van der Waals surface area contributed by atoms with Gasteiger partial charge < -0.3 is 0 Å². The monoisotopic (exact) mass is 349 g/mol. The van der Waals surface area contributed by atoms with Gasteiger partial charge in [-0.3, -0.25) is 10.1 Å². The highest BCUT2D eigenvalue weighted by Gasteiger charge is 2.25. The number of rotatable bonds is 1. The third kappa shape index (κ3) is 2.13. The third-order valence-electron chi connectivity index (χ3n) is 6.64. The molecule has 3 nitrogen and oxygen atoms in total. The summed E-state index contributed by atoms with van der Waals surface area (Å²) in [6, 6.07) is 0. The molecule has 136 valence electrons. The van der Waals surface area contributed by atoms with E-state index in [4.69, 9.17) is 0 Å². The van der Waals surface area contributed by atoms with E-state index in [9.17, 15) is 10.1 Å². The van der Waals surface area contributed by atoms with Gasteiger partial charge in [-0.05, 0) is 123 Å². The fraction of sp³-hybridized carbons (Fsp3) is 0.391. The Morgan fingerprint density at radius 3 is 1.12 bits per heavy atom. The molecule has 0 bridgehead atoms. The predicted octanol–water partition coefficient (Wildman–Crippen LogP) is 6.68. The molecule has 0 aliphatic heterocycles. The lowest BCUT2D eigenvalue weighted by Crippen LogP contribution is -2.04. The molecule has 0 fully saturated rings. The van der Waals surface area contributed by atoms with Gasteiger partial charge in [0.05, 0.1) is 4.92 Å². The highest BCUT2D eigenvalue weighted by Crippen LogP contribution is 2.44. The molecule has 0 N–H and O–H groups in total. The first-order valence-corrected chi connectivity index (χ1v) is 9.09. The Balaban J connectivity index is 2.80. The van der Waals surface area contributed by atoms with Gasteiger partial charge in [-0.2, -0.15) is 0 Å². The second-order valence-electron chi connectivity index (χ2n) is 7.73. The molecule has 3 rings (SSSR count). The molecule has 0 heterocycles. The molecule has 3 aromatic carbocycles. The second-order valence-corrected chi connectivity index (χ2v) is 7.73. The van der Waals surface area contributed by atoms with E-state index in [-0.39, 0.29) is 10.6 Å². The first-order valence-electron chi connectivity index (χ1n) is 9.09. The molecule has 0 unspecified atom stereocenters. The zero-order valence-electron chi connectivity index (χ0n) is 17.3. The van der Waals surface area contributed by atoms with E-state index in [0.29, 0.717) is 0 Å². The molecule has 0 aliphatic carbocycles. The third-order valence-corrected chi connectivity index (χ3v) is 6.64. The summed E-state index contributed by atoms with van der Waals surface area (Å²) < 4.78 is 0. The first-order chi connectivity index (χ1) is 12.0. The highest BCUT2D eigenvalue weighted by atomic mass is 16.6. The van der Waals surface area contributed by atoms with Crippen LogP contribution in [0.15, 0.2) is 0 Å². The molecule has 0 atom stereocenters. The minimum absolute atomic E-state index is 0.228. The summed E-state index contributed by atoms with van der Waals surface area (Å²) in [5.41, 5.74) is 10.5. The van der Waals surface area contributed by atoms with Crippen molar-refractivity contribution in [3.8, 4) is 0 Å². The van der Waals surface area contributed by atoms with Crippen molar-refractivity contribution in [2.75, 3.05) is 0 Å². The summed E-state index contributed by atoms with van der Waals surface area (Å²) in [5, 5.41) is 16.5. The molecule has 0 aliphatic rings. The number of aryl methyl sites for hydroxylation is 6. The van der Waals surface area contributed by atoms with E-state index >= 15 is 0 Å². The van der Waals surface area contributed by atoms with Crippen molar-refractivity contribution in [2.45, 2.75) is 62.3 Å². The lowest BCUT2D eigenvalue weighted by molar-refractivity contribution is -0.385. The standard InChI is InChI=1S/C23H27NO2/c1-10-11(2)13(4)20-17(8)22-18(9)23(24(25)26)15(6)14(5)21(22)16(7)19(20)12(10)3/h1-9H3. The van der Waals surface area contributed by atoms with Gasteiger partial charge in [0.15, 0.2) is 0 Å². The molecule has 0 aromatic heterocycles. The fourth-order valence-electron chi connectivity index (χ4n) is 4.85. The normalized spacial score (nSPS) is 11.6. The molecule has 0 saturated heterocycles. The quantitative estimate of drug-likeness (QED) is 0.279. The van der Waals surface area contributed by atoms with Crippen LogP contribution >= 0.6 is 0 Å². The average Bonchev–Trinajstić information content (AvgIpc) is 2.57. The van der Waals surface area contributed by atoms with Gasteiger partial charge >= 0.3 is 0 Å². The minimum Gasteiger partial charge on any atom is -0.258 e. The van der Waals surface area contributed by atoms with Crippen LogP contribution in [0.4, 0.5) is 5.69 Å².